The molecule has 2 nitrogen and oxygen atoms in total. The van der Waals surface area contributed by atoms with Crippen molar-refractivity contribution in [3.63, 3.8) is 0 Å². The molecule has 108 valence electrons. The minimum absolute atomic E-state index is 0.193. The van der Waals surface area contributed by atoms with E-state index >= 15 is 0 Å². The van der Waals surface area contributed by atoms with Gasteiger partial charge in [-0.25, -0.2) is 0 Å². The Balaban J connectivity index is 2.03. The van der Waals surface area contributed by atoms with Crippen molar-refractivity contribution in [3.05, 3.63) is 44.9 Å². The van der Waals surface area contributed by atoms with Gasteiger partial charge in [0.1, 0.15) is 0 Å². The van der Waals surface area contributed by atoms with E-state index in [4.69, 9.17) is 5.73 Å². The van der Waals surface area contributed by atoms with Crippen molar-refractivity contribution in [2.45, 2.75) is 53.1 Å². The van der Waals surface area contributed by atoms with Crippen molar-refractivity contribution in [3.8, 4) is 0 Å². The van der Waals surface area contributed by atoms with E-state index in [9.17, 15) is 0 Å². The Bertz CT molecular complexity index is 633. The molecule has 2 aromatic rings. The standard InChI is InChI=1S/C17H24N2S/c1-11-5-6-20-16(11)10-19-12(2)7-13-14(18)8-17(3,4)9-15(13)19/h5-7,14H,8-10,18H2,1-4H3. The fourth-order valence-electron chi connectivity index (χ4n) is 3.43. The van der Waals surface area contributed by atoms with Gasteiger partial charge in [-0.1, -0.05) is 13.8 Å². The van der Waals surface area contributed by atoms with Crippen LogP contribution < -0.4 is 5.73 Å². The van der Waals surface area contributed by atoms with Crippen LogP contribution in [-0.4, -0.2) is 4.57 Å². The Hall–Kier alpha value is -1.06. The maximum Gasteiger partial charge on any atom is 0.0571 e. The van der Waals surface area contributed by atoms with Gasteiger partial charge in [-0.05, 0) is 60.7 Å². The van der Waals surface area contributed by atoms with Gasteiger partial charge in [0.2, 0.25) is 0 Å². The number of hydrogen-bond donors (Lipinski definition) is 1. The average Bonchev–Trinajstić information content (AvgIpc) is 2.86. The molecule has 0 spiro atoms. The Morgan fingerprint density at radius 1 is 1.40 bits per heavy atom. The monoisotopic (exact) mass is 288 g/mol. The lowest BCUT2D eigenvalue weighted by atomic mass is 9.74. The van der Waals surface area contributed by atoms with Crippen LogP contribution in [0.4, 0.5) is 0 Å². The number of nitrogens with two attached hydrogens (primary N) is 1. The SMILES string of the molecule is Cc1ccsc1Cn1c(C)cc2c1CC(C)(C)CC2N. The number of aryl methyl sites for hydroxylation is 2. The summed E-state index contributed by atoms with van der Waals surface area (Å²) in [6, 6.07) is 4.71. The van der Waals surface area contributed by atoms with Crippen molar-refractivity contribution in [1.82, 2.24) is 4.57 Å². The third-order valence-corrected chi connectivity index (χ3v) is 5.54. The first-order chi connectivity index (χ1) is 9.37. The van der Waals surface area contributed by atoms with Crippen molar-refractivity contribution in [1.29, 1.82) is 0 Å². The molecule has 0 aliphatic heterocycles. The predicted octanol–water partition coefficient (Wildman–Crippen LogP) is 4.19. The summed E-state index contributed by atoms with van der Waals surface area (Å²) in [6.45, 7) is 10.1. The Morgan fingerprint density at radius 3 is 2.80 bits per heavy atom. The number of rotatable bonds is 2. The van der Waals surface area contributed by atoms with Crippen LogP contribution in [0.2, 0.25) is 0 Å². The van der Waals surface area contributed by atoms with Crippen molar-refractivity contribution >= 4 is 11.3 Å². The molecule has 1 unspecified atom stereocenters. The molecule has 1 aliphatic rings. The van der Waals surface area contributed by atoms with E-state index in [2.05, 4.69) is 49.8 Å². The summed E-state index contributed by atoms with van der Waals surface area (Å²) in [5.41, 5.74) is 12.3. The van der Waals surface area contributed by atoms with Gasteiger partial charge in [0, 0.05) is 22.3 Å². The molecule has 0 saturated carbocycles. The van der Waals surface area contributed by atoms with Crippen molar-refractivity contribution in [2.75, 3.05) is 0 Å². The van der Waals surface area contributed by atoms with E-state index in [0.717, 1.165) is 19.4 Å². The Morgan fingerprint density at radius 2 is 2.15 bits per heavy atom. The van der Waals surface area contributed by atoms with Gasteiger partial charge in [-0.15, -0.1) is 11.3 Å². The highest BCUT2D eigenvalue weighted by Gasteiger charge is 2.33. The van der Waals surface area contributed by atoms with E-state index in [1.807, 2.05) is 11.3 Å². The summed E-state index contributed by atoms with van der Waals surface area (Å²) >= 11 is 1.86. The van der Waals surface area contributed by atoms with Crippen molar-refractivity contribution < 1.29 is 0 Å². The first-order valence-corrected chi connectivity index (χ1v) is 8.23. The quantitative estimate of drug-likeness (QED) is 0.882. The molecule has 0 aromatic carbocycles. The van der Waals surface area contributed by atoms with Crippen molar-refractivity contribution in [2.24, 2.45) is 11.1 Å². The smallest absolute Gasteiger partial charge is 0.0571 e. The minimum Gasteiger partial charge on any atom is -0.343 e. The molecule has 0 radical (unpaired) electrons. The molecule has 3 rings (SSSR count). The number of aromatic nitrogens is 1. The summed E-state index contributed by atoms with van der Waals surface area (Å²) in [4.78, 5) is 1.46. The van der Waals surface area contributed by atoms with Gasteiger partial charge in [0.05, 0.1) is 6.54 Å². The van der Waals surface area contributed by atoms with Crippen LogP contribution in [0.1, 0.15) is 53.7 Å². The molecule has 0 saturated heterocycles. The van der Waals surface area contributed by atoms with Crippen LogP contribution in [-0.2, 0) is 13.0 Å². The Kier molecular flexibility index (Phi) is 3.30. The second-order valence-corrected chi connectivity index (χ2v) is 7.95. The van der Waals surface area contributed by atoms with Gasteiger partial charge in [0.15, 0.2) is 0 Å². The largest absolute Gasteiger partial charge is 0.343 e. The Labute approximate surface area is 125 Å². The van der Waals surface area contributed by atoms with Crippen LogP contribution in [0.15, 0.2) is 17.5 Å². The molecule has 1 atom stereocenters. The molecular weight excluding hydrogens is 264 g/mol. The van der Waals surface area contributed by atoms with E-state index in [-0.39, 0.29) is 6.04 Å². The molecule has 0 bridgehead atoms. The van der Waals surface area contributed by atoms with E-state index < -0.39 is 0 Å². The zero-order valence-electron chi connectivity index (χ0n) is 12.9. The summed E-state index contributed by atoms with van der Waals surface area (Å²) in [6.07, 6.45) is 2.22. The van der Waals surface area contributed by atoms with Gasteiger partial charge in [0.25, 0.3) is 0 Å². The number of nitrogens with zero attached hydrogens (tertiary/aromatic N) is 1. The van der Waals surface area contributed by atoms with Gasteiger partial charge < -0.3 is 10.3 Å². The fraction of sp³-hybridized carbons (Fsp3) is 0.529. The number of fused-ring (bicyclic) bond motifs is 1. The highest BCUT2D eigenvalue weighted by atomic mass is 32.1. The zero-order valence-corrected chi connectivity index (χ0v) is 13.7. The van der Waals surface area contributed by atoms with Crippen LogP contribution in [0.25, 0.3) is 0 Å². The molecule has 2 heterocycles. The second kappa shape index (κ2) is 4.74. The summed E-state index contributed by atoms with van der Waals surface area (Å²) in [7, 11) is 0. The third-order valence-electron chi connectivity index (χ3n) is 4.54. The number of hydrogen-bond acceptors (Lipinski definition) is 2. The third kappa shape index (κ3) is 2.33. The van der Waals surface area contributed by atoms with Gasteiger partial charge in [-0.3, -0.25) is 0 Å². The van der Waals surface area contributed by atoms with E-state index in [0.29, 0.717) is 5.41 Å². The molecule has 2 aromatic heterocycles. The highest BCUT2D eigenvalue weighted by Crippen LogP contribution is 2.41. The summed E-state index contributed by atoms with van der Waals surface area (Å²) in [5.74, 6) is 0. The fourth-order valence-corrected chi connectivity index (χ4v) is 4.33. The summed E-state index contributed by atoms with van der Waals surface area (Å²) < 4.78 is 2.48. The number of thiophene rings is 1. The molecule has 0 fully saturated rings. The normalized spacial score (nSPS) is 20.9. The lowest BCUT2D eigenvalue weighted by molar-refractivity contribution is 0.276. The molecule has 1 aliphatic carbocycles. The predicted molar refractivity (Wildman–Crippen MR) is 86.4 cm³/mol. The zero-order chi connectivity index (χ0) is 14.5. The van der Waals surface area contributed by atoms with E-state index in [1.165, 1.54) is 27.4 Å². The molecule has 3 heteroatoms. The topological polar surface area (TPSA) is 30.9 Å². The maximum atomic E-state index is 6.40. The van der Waals surface area contributed by atoms with Crippen LogP contribution in [0.5, 0.6) is 0 Å². The van der Waals surface area contributed by atoms with Gasteiger partial charge >= 0.3 is 0 Å². The lowest BCUT2D eigenvalue weighted by Gasteiger charge is -2.34. The van der Waals surface area contributed by atoms with Gasteiger partial charge in [-0.2, -0.15) is 0 Å². The van der Waals surface area contributed by atoms with Crippen LogP contribution in [0, 0.1) is 19.3 Å². The first-order valence-electron chi connectivity index (χ1n) is 7.35. The molecule has 20 heavy (non-hydrogen) atoms. The first kappa shape index (κ1) is 13.9. The second-order valence-electron chi connectivity index (χ2n) is 6.95. The average molecular weight is 288 g/mol. The molecule has 2 N–H and O–H groups in total. The summed E-state index contributed by atoms with van der Waals surface area (Å²) in [5, 5.41) is 2.19. The maximum absolute atomic E-state index is 6.40. The molecular formula is C17H24N2S. The molecule has 0 amide bonds. The van der Waals surface area contributed by atoms with Crippen LogP contribution >= 0.6 is 11.3 Å². The minimum atomic E-state index is 0.193. The van der Waals surface area contributed by atoms with E-state index in [1.54, 1.807) is 0 Å². The lowest BCUT2D eigenvalue weighted by Crippen LogP contribution is -2.30. The van der Waals surface area contributed by atoms with Crippen LogP contribution in [0.3, 0.4) is 0 Å². The highest BCUT2D eigenvalue weighted by molar-refractivity contribution is 7.10.